The van der Waals surface area contributed by atoms with Gasteiger partial charge in [-0.25, -0.2) is 4.79 Å². The number of rotatable bonds is 7. The molecule has 4 heteroatoms. The molecule has 6 aromatic carbocycles. The standard InChI is InChI=1S/C30H27NO2.C15H16O/c1-20-11-15-22(16-12-20)29(23-17-13-21(2)14-18-23)31-30(32)33-19-28-26-9-5-3-7-24(26)25-8-4-6-10-27(25)28;1-11-3-7-13(8-4-11)15(16)14-9-5-12(2)6-10-14/h3-18,28-29H,19H2,1-2H3,(H,31,32);3-10,15-16H,1-2H3. The van der Waals surface area contributed by atoms with Crippen LogP contribution in [0.3, 0.4) is 0 Å². The zero-order chi connectivity index (χ0) is 34.3. The summed E-state index contributed by atoms with van der Waals surface area (Å²) in [5.74, 6) is 0.0420. The highest BCUT2D eigenvalue weighted by molar-refractivity contribution is 5.79. The zero-order valence-electron chi connectivity index (χ0n) is 28.6. The number of aliphatic hydroxyl groups excluding tert-OH is 1. The number of carbonyl (C=O) groups is 1. The molecular weight excluding hydrogens is 602 g/mol. The van der Waals surface area contributed by atoms with E-state index in [0.29, 0.717) is 6.61 Å². The Morgan fingerprint density at radius 1 is 0.551 bits per heavy atom. The number of ether oxygens (including phenoxy) is 1. The molecule has 0 aromatic heterocycles. The smallest absolute Gasteiger partial charge is 0.407 e. The Labute approximate surface area is 290 Å². The SMILES string of the molecule is Cc1ccc(C(NC(=O)OCC2c3ccccc3-c3ccccc32)c2ccc(C)cc2)cc1.Cc1ccc(C(O)c2ccc(C)cc2)cc1. The summed E-state index contributed by atoms with van der Waals surface area (Å²) < 4.78 is 5.81. The molecule has 0 aliphatic heterocycles. The van der Waals surface area contributed by atoms with E-state index in [1.807, 2.05) is 74.5 Å². The van der Waals surface area contributed by atoms with Gasteiger partial charge in [-0.05, 0) is 72.2 Å². The number of hydrogen-bond acceptors (Lipinski definition) is 3. The zero-order valence-corrected chi connectivity index (χ0v) is 28.6. The average molecular weight is 646 g/mol. The van der Waals surface area contributed by atoms with Gasteiger partial charge in [0, 0.05) is 5.92 Å². The normalized spacial score (nSPS) is 11.8. The average Bonchev–Trinajstić information content (AvgIpc) is 3.45. The van der Waals surface area contributed by atoms with Crippen LogP contribution in [0, 0.1) is 27.7 Å². The van der Waals surface area contributed by atoms with E-state index in [4.69, 9.17) is 4.74 Å². The van der Waals surface area contributed by atoms with Crippen molar-refractivity contribution >= 4 is 6.09 Å². The van der Waals surface area contributed by atoms with Crippen LogP contribution >= 0.6 is 0 Å². The number of nitrogens with one attached hydrogen (secondary N) is 1. The highest BCUT2D eigenvalue weighted by Crippen LogP contribution is 2.44. The lowest BCUT2D eigenvalue weighted by Crippen LogP contribution is -2.31. The maximum Gasteiger partial charge on any atom is 0.407 e. The van der Waals surface area contributed by atoms with Crippen LogP contribution in [0.1, 0.15) is 73.7 Å². The van der Waals surface area contributed by atoms with Gasteiger partial charge < -0.3 is 15.2 Å². The van der Waals surface area contributed by atoms with Crippen LogP contribution < -0.4 is 5.32 Å². The molecule has 6 aromatic rings. The van der Waals surface area contributed by atoms with E-state index in [9.17, 15) is 9.90 Å². The fourth-order valence-electron chi connectivity index (χ4n) is 6.32. The lowest BCUT2D eigenvalue weighted by Gasteiger charge is -2.21. The lowest BCUT2D eigenvalue weighted by molar-refractivity contribution is 0.140. The van der Waals surface area contributed by atoms with Gasteiger partial charge in [0.15, 0.2) is 0 Å². The number of benzene rings is 6. The van der Waals surface area contributed by atoms with Gasteiger partial charge in [-0.15, -0.1) is 0 Å². The summed E-state index contributed by atoms with van der Waals surface area (Å²) in [6.45, 7) is 8.51. The Morgan fingerprint density at radius 2 is 0.898 bits per heavy atom. The second-order valence-electron chi connectivity index (χ2n) is 12.9. The van der Waals surface area contributed by atoms with Crippen LogP contribution in [0.25, 0.3) is 11.1 Å². The Hall–Kier alpha value is -5.45. The monoisotopic (exact) mass is 645 g/mol. The number of amides is 1. The fourth-order valence-corrected chi connectivity index (χ4v) is 6.32. The van der Waals surface area contributed by atoms with Crippen molar-refractivity contribution in [1.29, 1.82) is 0 Å². The number of aryl methyl sites for hydroxylation is 4. The predicted molar refractivity (Wildman–Crippen MR) is 199 cm³/mol. The van der Waals surface area contributed by atoms with Crippen LogP contribution in [-0.4, -0.2) is 17.8 Å². The van der Waals surface area contributed by atoms with Gasteiger partial charge in [0.25, 0.3) is 0 Å². The van der Waals surface area contributed by atoms with Gasteiger partial charge in [0.1, 0.15) is 12.7 Å². The van der Waals surface area contributed by atoms with Crippen molar-refractivity contribution in [2.45, 2.75) is 45.8 Å². The molecular formula is C45H43NO3. The minimum absolute atomic E-state index is 0.0420. The Kier molecular flexibility index (Phi) is 10.4. The molecule has 0 unspecified atom stereocenters. The molecule has 2 N–H and O–H groups in total. The number of fused-ring (bicyclic) bond motifs is 3. The first-order valence-electron chi connectivity index (χ1n) is 16.8. The Bertz CT molecular complexity index is 1860. The molecule has 1 amide bonds. The van der Waals surface area contributed by atoms with Crippen molar-refractivity contribution < 1.29 is 14.6 Å². The van der Waals surface area contributed by atoms with Crippen LogP contribution in [-0.2, 0) is 4.74 Å². The highest BCUT2D eigenvalue weighted by Gasteiger charge is 2.29. The van der Waals surface area contributed by atoms with Crippen molar-refractivity contribution in [2.24, 2.45) is 0 Å². The molecule has 0 heterocycles. The summed E-state index contributed by atoms with van der Waals surface area (Å²) >= 11 is 0. The highest BCUT2D eigenvalue weighted by atomic mass is 16.5. The molecule has 0 radical (unpaired) electrons. The number of carbonyl (C=O) groups excluding carboxylic acids is 1. The molecule has 0 saturated heterocycles. The van der Waals surface area contributed by atoms with Gasteiger partial charge >= 0.3 is 6.09 Å². The second-order valence-corrected chi connectivity index (χ2v) is 12.9. The summed E-state index contributed by atoms with van der Waals surface area (Å²) in [7, 11) is 0. The van der Waals surface area contributed by atoms with Gasteiger partial charge in [0.2, 0.25) is 0 Å². The van der Waals surface area contributed by atoms with E-state index < -0.39 is 12.2 Å². The first-order chi connectivity index (χ1) is 23.8. The number of aliphatic hydroxyl groups is 1. The number of alkyl carbamates (subject to hydrolysis) is 1. The first kappa shape index (κ1) is 33.5. The lowest BCUT2D eigenvalue weighted by atomic mass is 9.97. The van der Waals surface area contributed by atoms with Crippen LogP contribution in [0.5, 0.6) is 0 Å². The maximum atomic E-state index is 13.0. The van der Waals surface area contributed by atoms with Crippen molar-refractivity contribution in [3.63, 3.8) is 0 Å². The van der Waals surface area contributed by atoms with E-state index in [-0.39, 0.29) is 12.0 Å². The first-order valence-corrected chi connectivity index (χ1v) is 16.8. The fraction of sp³-hybridized carbons (Fsp3) is 0.178. The van der Waals surface area contributed by atoms with Crippen molar-refractivity contribution in [1.82, 2.24) is 5.32 Å². The third kappa shape index (κ3) is 7.99. The number of hydrogen-bond donors (Lipinski definition) is 2. The maximum absolute atomic E-state index is 13.0. The van der Waals surface area contributed by atoms with E-state index >= 15 is 0 Å². The van der Waals surface area contributed by atoms with Crippen LogP contribution in [0.15, 0.2) is 146 Å². The minimum Gasteiger partial charge on any atom is -0.449 e. The van der Waals surface area contributed by atoms with Crippen molar-refractivity contribution in [3.8, 4) is 11.1 Å². The van der Waals surface area contributed by atoms with Gasteiger partial charge in [-0.2, -0.15) is 0 Å². The third-order valence-corrected chi connectivity index (χ3v) is 9.21. The third-order valence-electron chi connectivity index (χ3n) is 9.21. The van der Waals surface area contributed by atoms with E-state index in [2.05, 4.69) is 104 Å². The molecule has 0 fully saturated rings. The van der Waals surface area contributed by atoms with Gasteiger partial charge in [0.05, 0.1) is 6.04 Å². The van der Waals surface area contributed by atoms with E-state index in [1.165, 1.54) is 44.5 Å². The molecule has 4 nitrogen and oxygen atoms in total. The van der Waals surface area contributed by atoms with Gasteiger partial charge in [-0.3, -0.25) is 0 Å². The summed E-state index contributed by atoms with van der Waals surface area (Å²) in [4.78, 5) is 13.0. The van der Waals surface area contributed by atoms with E-state index in [0.717, 1.165) is 22.3 Å². The van der Waals surface area contributed by atoms with Crippen LogP contribution in [0.4, 0.5) is 4.79 Å². The molecule has 1 aliphatic carbocycles. The molecule has 7 rings (SSSR count). The second kappa shape index (κ2) is 15.2. The Balaban J connectivity index is 0.000000218. The molecule has 0 atom stereocenters. The molecule has 246 valence electrons. The quantitative estimate of drug-likeness (QED) is 0.182. The van der Waals surface area contributed by atoms with E-state index in [1.54, 1.807) is 0 Å². The summed E-state index contributed by atoms with van der Waals surface area (Å²) in [5, 5.41) is 13.3. The summed E-state index contributed by atoms with van der Waals surface area (Å²) in [6, 6.07) is 48.9. The van der Waals surface area contributed by atoms with Crippen molar-refractivity contribution in [3.05, 3.63) is 201 Å². The van der Waals surface area contributed by atoms with Gasteiger partial charge in [-0.1, -0.05) is 168 Å². The van der Waals surface area contributed by atoms with Crippen LogP contribution in [0.2, 0.25) is 0 Å². The largest absolute Gasteiger partial charge is 0.449 e. The predicted octanol–water partition coefficient (Wildman–Crippen LogP) is 10.3. The molecule has 49 heavy (non-hydrogen) atoms. The molecule has 0 spiro atoms. The summed E-state index contributed by atoms with van der Waals surface area (Å²) in [5.41, 5.74) is 13.6. The molecule has 0 bridgehead atoms. The Morgan fingerprint density at radius 3 is 1.29 bits per heavy atom. The minimum atomic E-state index is -0.527. The topological polar surface area (TPSA) is 58.6 Å². The molecule has 0 saturated carbocycles. The molecule has 1 aliphatic rings. The summed E-state index contributed by atoms with van der Waals surface area (Å²) in [6.07, 6.45) is -0.941. The van der Waals surface area contributed by atoms with Crippen molar-refractivity contribution in [2.75, 3.05) is 6.61 Å².